The van der Waals surface area contributed by atoms with E-state index in [2.05, 4.69) is 11.0 Å². The lowest BCUT2D eigenvalue weighted by molar-refractivity contribution is -0.137. The van der Waals surface area contributed by atoms with Crippen LogP contribution >= 0.6 is 0 Å². The number of aryl methyl sites for hydroxylation is 1. The number of benzene rings is 1. The topological polar surface area (TPSA) is 59.0 Å². The standard InChI is InChI=1S/C16H21NO4/c1-20-13-3-2-12-4-6-16(21-14(12)10-13)7-9-17(11-16)8-5-15(18)19/h2-3,10H,4-9,11H2,1H3,(H,18,19). The van der Waals surface area contributed by atoms with Gasteiger partial charge in [-0.15, -0.1) is 0 Å². The summed E-state index contributed by atoms with van der Waals surface area (Å²) in [5.41, 5.74) is 1.07. The van der Waals surface area contributed by atoms with E-state index in [1.54, 1.807) is 7.11 Å². The van der Waals surface area contributed by atoms with Crippen LogP contribution in [0.3, 0.4) is 0 Å². The molecule has 0 saturated carbocycles. The summed E-state index contributed by atoms with van der Waals surface area (Å²) in [7, 11) is 1.66. The Balaban J connectivity index is 1.69. The van der Waals surface area contributed by atoms with Crippen LogP contribution in [0.5, 0.6) is 11.5 Å². The number of ether oxygens (including phenoxy) is 2. The molecular weight excluding hydrogens is 270 g/mol. The molecule has 3 rings (SSSR count). The van der Waals surface area contributed by atoms with Crippen molar-refractivity contribution in [1.82, 2.24) is 4.90 Å². The van der Waals surface area contributed by atoms with Crippen molar-refractivity contribution in [2.75, 3.05) is 26.7 Å². The number of hydrogen-bond acceptors (Lipinski definition) is 4. The number of carbonyl (C=O) groups is 1. The Labute approximate surface area is 124 Å². The van der Waals surface area contributed by atoms with Gasteiger partial charge in [-0.2, -0.15) is 0 Å². The van der Waals surface area contributed by atoms with E-state index in [4.69, 9.17) is 14.6 Å². The summed E-state index contributed by atoms with van der Waals surface area (Å²) < 4.78 is 11.6. The number of nitrogens with zero attached hydrogens (tertiary/aromatic N) is 1. The summed E-state index contributed by atoms with van der Waals surface area (Å²) in [6, 6.07) is 5.99. The number of hydrogen-bond donors (Lipinski definition) is 1. The number of carboxylic acid groups (broad SMARTS) is 1. The Kier molecular flexibility index (Phi) is 3.76. The zero-order valence-corrected chi connectivity index (χ0v) is 12.3. The molecule has 1 saturated heterocycles. The van der Waals surface area contributed by atoms with Crippen molar-refractivity contribution in [3.63, 3.8) is 0 Å². The highest BCUT2D eigenvalue weighted by Crippen LogP contribution is 2.40. The highest BCUT2D eigenvalue weighted by Gasteiger charge is 2.42. The molecule has 1 unspecified atom stereocenters. The van der Waals surface area contributed by atoms with E-state index in [0.29, 0.717) is 6.54 Å². The monoisotopic (exact) mass is 291 g/mol. The van der Waals surface area contributed by atoms with Gasteiger partial charge in [0.1, 0.15) is 17.1 Å². The van der Waals surface area contributed by atoms with Crippen LogP contribution in [-0.2, 0) is 11.2 Å². The SMILES string of the molecule is COc1ccc2c(c1)OC1(CC2)CCN(CCC(=O)O)C1. The van der Waals surface area contributed by atoms with Crippen molar-refractivity contribution in [2.45, 2.75) is 31.3 Å². The molecule has 2 aliphatic rings. The van der Waals surface area contributed by atoms with Crippen molar-refractivity contribution >= 4 is 5.97 Å². The van der Waals surface area contributed by atoms with Crippen LogP contribution in [0.2, 0.25) is 0 Å². The summed E-state index contributed by atoms with van der Waals surface area (Å²) in [6.07, 6.45) is 3.16. The molecule has 0 aromatic heterocycles. The smallest absolute Gasteiger partial charge is 0.304 e. The molecule has 5 heteroatoms. The lowest BCUT2D eigenvalue weighted by Crippen LogP contribution is -2.42. The zero-order valence-electron chi connectivity index (χ0n) is 12.3. The van der Waals surface area contributed by atoms with Gasteiger partial charge in [-0.3, -0.25) is 9.69 Å². The number of rotatable bonds is 4. The van der Waals surface area contributed by atoms with Crippen LogP contribution in [0, 0.1) is 0 Å². The van der Waals surface area contributed by atoms with E-state index >= 15 is 0 Å². The minimum absolute atomic E-state index is 0.155. The third-order valence-corrected chi connectivity index (χ3v) is 4.49. The summed E-state index contributed by atoms with van der Waals surface area (Å²) in [6.45, 7) is 2.33. The summed E-state index contributed by atoms with van der Waals surface area (Å²) >= 11 is 0. The van der Waals surface area contributed by atoms with Gasteiger partial charge in [-0.1, -0.05) is 6.07 Å². The summed E-state index contributed by atoms with van der Waals surface area (Å²) in [5.74, 6) is 0.989. The second-order valence-electron chi connectivity index (χ2n) is 5.93. The molecule has 1 spiro atoms. The first kappa shape index (κ1) is 14.2. The molecule has 5 nitrogen and oxygen atoms in total. The fourth-order valence-corrected chi connectivity index (χ4v) is 3.27. The molecular formula is C16H21NO4. The molecule has 1 fully saturated rings. The molecule has 1 aromatic rings. The van der Waals surface area contributed by atoms with Crippen molar-refractivity contribution < 1.29 is 19.4 Å². The summed E-state index contributed by atoms with van der Waals surface area (Å²) in [5, 5.41) is 8.79. The van der Waals surface area contributed by atoms with E-state index in [1.807, 2.05) is 12.1 Å². The van der Waals surface area contributed by atoms with Gasteiger partial charge in [0.15, 0.2) is 0 Å². The fraction of sp³-hybridized carbons (Fsp3) is 0.562. The molecule has 0 bridgehead atoms. The second kappa shape index (κ2) is 5.56. The maximum absolute atomic E-state index is 10.7. The van der Waals surface area contributed by atoms with E-state index in [0.717, 1.165) is 43.9 Å². The van der Waals surface area contributed by atoms with Gasteiger partial charge in [0.05, 0.1) is 13.5 Å². The average molecular weight is 291 g/mol. The molecule has 0 amide bonds. The molecule has 2 heterocycles. The number of fused-ring (bicyclic) bond motifs is 1. The first-order valence-electron chi connectivity index (χ1n) is 7.40. The Morgan fingerprint density at radius 2 is 2.33 bits per heavy atom. The molecule has 0 radical (unpaired) electrons. The first-order valence-corrected chi connectivity index (χ1v) is 7.40. The Hall–Kier alpha value is -1.75. The zero-order chi connectivity index (χ0) is 14.9. The maximum Gasteiger partial charge on any atom is 0.304 e. The van der Waals surface area contributed by atoms with Crippen LogP contribution < -0.4 is 9.47 Å². The Morgan fingerprint density at radius 1 is 1.48 bits per heavy atom. The molecule has 1 aromatic carbocycles. The minimum atomic E-state index is -0.740. The van der Waals surface area contributed by atoms with Crippen molar-refractivity contribution in [3.8, 4) is 11.5 Å². The third kappa shape index (κ3) is 2.97. The molecule has 0 aliphatic carbocycles. The summed E-state index contributed by atoms with van der Waals surface area (Å²) in [4.78, 5) is 12.9. The van der Waals surface area contributed by atoms with Gasteiger partial charge in [0, 0.05) is 32.1 Å². The van der Waals surface area contributed by atoms with E-state index in [1.165, 1.54) is 5.56 Å². The Bertz CT molecular complexity index is 545. The molecule has 2 aliphatic heterocycles. The predicted octanol–water partition coefficient (Wildman–Crippen LogP) is 1.94. The highest BCUT2D eigenvalue weighted by molar-refractivity contribution is 5.66. The molecule has 1 N–H and O–H groups in total. The highest BCUT2D eigenvalue weighted by atomic mass is 16.5. The largest absolute Gasteiger partial charge is 0.497 e. The van der Waals surface area contributed by atoms with Crippen LogP contribution in [0.4, 0.5) is 0 Å². The predicted molar refractivity (Wildman–Crippen MR) is 78.0 cm³/mol. The quantitative estimate of drug-likeness (QED) is 0.918. The second-order valence-corrected chi connectivity index (χ2v) is 5.93. The maximum atomic E-state index is 10.7. The van der Waals surface area contributed by atoms with Gasteiger partial charge >= 0.3 is 5.97 Å². The number of methoxy groups -OCH3 is 1. The minimum Gasteiger partial charge on any atom is -0.497 e. The fourth-order valence-electron chi connectivity index (χ4n) is 3.27. The molecule has 114 valence electrons. The van der Waals surface area contributed by atoms with Gasteiger partial charge < -0.3 is 14.6 Å². The van der Waals surface area contributed by atoms with Crippen LogP contribution in [0.25, 0.3) is 0 Å². The number of carboxylic acids is 1. The van der Waals surface area contributed by atoms with Crippen molar-refractivity contribution in [1.29, 1.82) is 0 Å². The third-order valence-electron chi connectivity index (χ3n) is 4.49. The van der Waals surface area contributed by atoms with E-state index in [9.17, 15) is 4.79 Å². The normalized spacial score (nSPS) is 24.6. The average Bonchev–Trinajstić information content (AvgIpc) is 2.87. The van der Waals surface area contributed by atoms with Crippen LogP contribution in [0.1, 0.15) is 24.8 Å². The van der Waals surface area contributed by atoms with Crippen molar-refractivity contribution in [2.24, 2.45) is 0 Å². The van der Waals surface area contributed by atoms with Crippen molar-refractivity contribution in [3.05, 3.63) is 23.8 Å². The van der Waals surface area contributed by atoms with Crippen LogP contribution in [0.15, 0.2) is 18.2 Å². The lowest BCUT2D eigenvalue weighted by atomic mass is 9.90. The Morgan fingerprint density at radius 3 is 3.10 bits per heavy atom. The number of aliphatic carboxylic acids is 1. The van der Waals surface area contributed by atoms with E-state index < -0.39 is 5.97 Å². The molecule has 1 atom stereocenters. The lowest BCUT2D eigenvalue weighted by Gasteiger charge is -2.36. The van der Waals surface area contributed by atoms with Gasteiger partial charge in [0.25, 0.3) is 0 Å². The van der Waals surface area contributed by atoms with E-state index in [-0.39, 0.29) is 12.0 Å². The van der Waals surface area contributed by atoms with Gasteiger partial charge in [0.2, 0.25) is 0 Å². The number of likely N-dealkylation sites (tertiary alicyclic amines) is 1. The first-order chi connectivity index (χ1) is 10.1. The van der Waals surface area contributed by atoms with Crippen LogP contribution in [-0.4, -0.2) is 48.3 Å². The molecule has 21 heavy (non-hydrogen) atoms. The van der Waals surface area contributed by atoms with Gasteiger partial charge in [-0.25, -0.2) is 0 Å². The van der Waals surface area contributed by atoms with Gasteiger partial charge in [-0.05, 0) is 24.5 Å².